The maximum atomic E-state index is 12.1. The molecule has 1 aromatic carbocycles. The zero-order chi connectivity index (χ0) is 12.3. The molecule has 0 radical (unpaired) electrons. The summed E-state index contributed by atoms with van der Waals surface area (Å²) in [6, 6.07) is 7.02. The van der Waals surface area contributed by atoms with Crippen molar-refractivity contribution in [2.24, 2.45) is 0 Å². The van der Waals surface area contributed by atoms with Gasteiger partial charge in [-0.3, -0.25) is 4.79 Å². The van der Waals surface area contributed by atoms with Gasteiger partial charge >= 0.3 is 0 Å². The molecule has 2 N–H and O–H groups in total. The number of fused-ring (bicyclic) bond motifs is 1. The SMILES string of the molecule is O=C1c2ccccc2OCCN1CC(O)CO. The summed E-state index contributed by atoms with van der Waals surface area (Å²) < 4.78 is 5.46. The highest BCUT2D eigenvalue weighted by Gasteiger charge is 2.24. The molecule has 5 heteroatoms. The van der Waals surface area contributed by atoms with Crippen molar-refractivity contribution < 1.29 is 19.7 Å². The number of hydrogen-bond donors (Lipinski definition) is 2. The summed E-state index contributed by atoms with van der Waals surface area (Å²) in [4.78, 5) is 13.6. The Hall–Kier alpha value is -1.59. The number of carbonyl (C=O) groups is 1. The number of benzene rings is 1. The largest absolute Gasteiger partial charge is 0.491 e. The lowest BCUT2D eigenvalue weighted by atomic mass is 10.1. The highest BCUT2D eigenvalue weighted by atomic mass is 16.5. The van der Waals surface area contributed by atoms with E-state index in [4.69, 9.17) is 9.84 Å². The molecule has 0 fully saturated rings. The summed E-state index contributed by atoms with van der Waals surface area (Å²) >= 11 is 0. The van der Waals surface area contributed by atoms with E-state index < -0.39 is 6.10 Å². The molecule has 1 amide bonds. The molecule has 0 aliphatic carbocycles. The van der Waals surface area contributed by atoms with Crippen LogP contribution in [0.15, 0.2) is 24.3 Å². The molecule has 92 valence electrons. The van der Waals surface area contributed by atoms with Gasteiger partial charge in [0.25, 0.3) is 5.91 Å². The third-order valence-corrected chi connectivity index (χ3v) is 2.67. The quantitative estimate of drug-likeness (QED) is 0.768. The van der Waals surface area contributed by atoms with Gasteiger partial charge in [0, 0.05) is 6.54 Å². The van der Waals surface area contributed by atoms with Crippen LogP contribution in [-0.4, -0.2) is 53.4 Å². The van der Waals surface area contributed by atoms with Crippen LogP contribution >= 0.6 is 0 Å². The van der Waals surface area contributed by atoms with E-state index in [2.05, 4.69) is 0 Å². The predicted octanol–water partition coefficient (Wildman–Crippen LogP) is -0.126. The van der Waals surface area contributed by atoms with Crippen LogP contribution in [0.1, 0.15) is 10.4 Å². The van der Waals surface area contributed by atoms with E-state index in [9.17, 15) is 9.90 Å². The predicted molar refractivity (Wildman–Crippen MR) is 60.9 cm³/mol. The molecule has 0 saturated carbocycles. The number of amides is 1. The number of para-hydroxylation sites is 1. The fourth-order valence-electron chi connectivity index (χ4n) is 1.79. The molecule has 17 heavy (non-hydrogen) atoms. The van der Waals surface area contributed by atoms with E-state index in [1.165, 1.54) is 4.90 Å². The second-order valence-electron chi connectivity index (χ2n) is 3.93. The first-order valence-corrected chi connectivity index (χ1v) is 5.52. The first-order chi connectivity index (χ1) is 8.22. The summed E-state index contributed by atoms with van der Waals surface area (Å²) in [5.74, 6) is 0.393. The second kappa shape index (κ2) is 5.16. The molecule has 2 rings (SSSR count). The van der Waals surface area contributed by atoms with Gasteiger partial charge < -0.3 is 19.8 Å². The van der Waals surface area contributed by atoms with E-state index in [1.807, 2.05) is 6.07 Å². The van der Waals surface area contributed by atoms with E-state index in [-0.39, 0.29) is 19.1 Å². The minimum absolute atomic E-state index is 0.118. The van der Waals surface area contributed by atoms with Gasteiger partial charge in [-0.2, -0.15) is 0 Å². The first-order valence-electron chi connectivity index (χ1n) is 5.52. The Kier molecular flexibility index (Phi) is 3.61. The molecular formula is C12H15NO4. The molecule has 5 nitrogen and oxygen atoms in total. The Morgan fingerprint density at radius 1 is 1.41 bits per heavy atom. The molecule has 0 saturated heterocycles. The number of hydrogen-bond acceptors (Lipinski definition) is 4. The van der Waals surface area contributed by atoms with Gasteiger partial charge in [-0.05, 0) is 12.1 Å². The summed E-state index contributed by atoms with van der Waals surface area (Å²) in [7, 11) is 0. The maximum Gasteiger partial charge on any atom is 0.257 e. The highest BCUT2D eigenvalue weighted by Crippen LogP contribution is 2.22. The lowest BCUT2D eigenvalue weighted by Gasteiger charge is -2.22. The van der Waals surface area contributed by atoms with Crippen LogP contribution in [0.5, 0.6) is 5.75 Å². The molecule has 1 unspecified atom stereocenters. The van der Waals surface area contributed by atoms with Crippen molar-refractivity contribution >= 4 is 5.91 Å². The Morgan fingerprint density at radius 2 is 2.18 bits per heavy atom. The number of rotatable bonds is 3. The molecule has 1 aliphatic heterocycles. The van der Waals surface area contributed by atoms with Crippen molar-refractivity contribution in [3.05, 3.63) is 29.8 Å². The zero-order valence-electron chi connectivity index (χ0n) is 9.37. The van der Waals surface area contributed by atoms with Gasteiger partial charge in [0.05, 0.1) is 24.8 Å². The van der Waals surface area contributed by atoms with Crippen LogP contribution < -0.4 is 4.74 Å². The fourth-order valence-corrected chi connectivity index (χ4v) is 1.79. The van der Waals surface area contributed by atoms with E-state index in [0.717, 1.165) is 0 Å². The second-order valence-corrected chi connectivity index (χ2v) is 3.93. The topological polar surface area (TPSA) is 70.0 Å². The third kappa shape index (κ3) is 2.57. The van der Waals surface area contributed by atoms with Crippen LogP contribution in [0.3, 0.4) is 0 Å². The summed E-state index contributed by atoms with van der Waals surface area (Å²) in [6.07, 6.45) is -0.913. The van der Waals surface area contributed by atoms with Gasteiger partial charge in [0.1, 0.15) is 12.4 Å². The standard InChI is InChI=1S/C12H15NO4/c14-8-9(15)7-13-5-6-17-11-4-2-1-3-10(11)12(13)16/h1-4,9,14-15H,5-8H2. The molecule has 1 heterocycles. The van der Waals surface area contributed by atoms with Crippen molar-refractivity contribution in [3.8, 4) is 5.75 Å². The van der Waals surface area contributed by atoms with Gasteiger partial charge in [-0.25, -0.2) is 0 Å². The van der Waals surface area contributed by atoms with Crippen LogP contribution in [0.25, 0.3) is 0 Å². The molecule has 1 atom stereocenters. The highest BCUT2D eigenvalue weighted by molar-refractivity contribution is 5.97. The van der Waals surface area contributed by atoms with E-state index >= 15 is 0 Å². The number of aliphatic hydroxyl groups excluding tert-OH is 2. The van der Waals surface area contributed by atoms with Crippen molar-refractivity contribution in [2.45, 2.75) is 6.10 Å². The molecule has 1 aromatic rings. The van der Waals surface area contributed by atoms with Gasteiger partial charge in [-0.1, -0.05) is 12.1 Å². The Bertz CT molecular complexity index is 407. The summed E-state index contributed by atoms with van der Waals surface area (Å²) in [5, 5.41) is 18.2. The smallest absolute Gasteiger partial charge is 0.257 e. The Morgan fingerprint density at radius 3 is 2.94 bits per heavy atom. The number of ether oxygens (including phenoxy) is 1. The van der Waals surface area contributed by atoms with Gasteiger partial charge in [0.2, 0.25) is 0 Å². The molecule has 1 aliphatic rings. The molecular weight excluding hydrogens is 222 g/mol. The normalized spacial score (nSPS) is 17.1. The van der Waals surface area contributed by atoms with E-state index in [1.54, 1.807) is 18.2 Å². The van der Waals surface area contributed by atoms with Crippen LogP contribution in [0.4, 0.5) is 0 Å². The van der Waals surface area contributed by atoms with Crippen molar-refractivity contribution in [3.63, 3.8) is 0 Å². The minimum Gasteiger partial charge on any atom is -0.491 e. The summed E-state index contributed by atoms with van der Waals surface area (Å²) in [6.45, 7) is 0.560. The van der Waals surface area contributed by atoms with E-state index in [0.29, 0.717) is 24.5 Å². The summed E-state index contributed by atoms with van der Waals surface area (Å²) in [5.41, 5.74) is 0.495. The van der Waals surface area contributed by atoms with Crippen LogP contribution in [0, 0.1) is 0 Å². The average Bonchev–Trinajstić information content (AvgIpc) is 2.51. The lowest BCUT2D eigenvalue weighted by molar-refractivity contribution is 0.0451. The number of β-amino-alcohol motifs (C(OH)–C–C–N with tert-alkyl or cyclic N) is 1. The Balaban J connectivity index is 2.20. The molecule has 0 bridgehead atoms. The van der Waals surface area contributed by atoms with Crippen molar-refractivity contribution in [1.29, 1.82) is 0 Å². The number of aliphatic hydroxyl groups is 2. The molecule has 0 spiro atoms. The molecule has 0 aromatic heterocycles. The van der Waals surface area contributed by atoms with Crippen molar-refractivity contribution in [1.82, 2.24) is 4.90 Å². The third-order valence-electron chi connectivity index (χ3n) is 2.67. The van der Waals surface area contributed by atoms with Crippen LogP contribution in [0.2, 0.25) is 0 Å². The monoisotopic (exact) mass is 237 g/mol. The minimum atomic E-state index is -0.913. The number of nitrogens with zero attached hydrogens (tertiary/aromatic N) is 1. The lowest BCUT2D eigenvalue weighted by Crippen LogP contribution is -2.39. The van der Waals surface area contributed by atoms with Crippen LogP contribution in [-0.2, 0) is 0 Å². The average molecular weight is 237 g/mol. The van der Waals surface area contributed by atoms with Gasteiger partial charge in [-0.15, -0.1) is 0 Å². The van der Waals surface area contributed by atoms with Crippen molar-refractivity contribution in [2.75, 3.05) is 26.3 Å². The first kappa shape index (κ1) is 11.9. The van der Waals surface area contributed by atoms with Gasteiger partial charge in [0.15, 0.2) is 0 Å². The zero-order valence-corrected chi connectivity index (χ0v) is 9.37. The maximum absolute atomic E-state index is 12.1. The fraction of sp³-hybridized carbons (Fsp3) is 0.417. The Labute approximate surface area is 99.2 Å². The number of carbonyl (C=O) groups excluding carboxylic acids is 1.